The van der Waals surface area contributed by atoms with Gasteiger partial charge in [0.15, 0.2) is 11.5 Å². The highest BCUT2D eigenvalue weighted by atomic mass is 35.5. The first-order chi connectivity index (χ1) is 16.5. The third-order valence-corrected chi connectivity index (χ3v) is 7.17. The predicted octanol–water partition coefficient (Wildman–Crippen LogP) is 3.54. The second-order valence-electron chi connectivity index (χ2n) is 8.85. The van der Waals surface area contributed by atoms with E-state index < -0.39 is 0 Å². The number of likely N-dealkylation sites (tertiary alicyclic amines) is 2. The van der Waals surface area contributed by atoms with Gasteiger partial charge in [-0.1, -0.05) is 11.6 Å². The van der Waals surface area contributed by atoms with E-state index in [0.29, 0.717) is 65.4 Å². The Bertz CT molecular complexity index is 1030. The minimum Gasteiger partial charge on any atom is -0.485 e. The Hall–Kier alpha value is -2.72. The number of amides is 1. The molecule has 0 radical (unpaired) electrons. The Kier molecular flexibility index (Phi) is 6.69. The maximum absolute atomic E-state index is 11.9. The maximum Gasteiger partial charge on any atom is 0.409 e. The molecule has 0 aliphatic carbocycles. The first kappa shape index (κ1) is 23.0. The van der Waals surface area contributed by atoms with Crippen molar-refractivity contribution in [2.45, 2.75) is 44.6 Å². The van der Waals surface area contributed by atoms with Gasteiger partial charge in [0.1, 0.15) is 13.2 Å². The fourth-order valence-corrected chi connectivity index (χ4v) is 5.20. The van der Waals surface area contributed by atoms with Gasteiger partial charge in [-0.05, 0) is 51.8 Å². The highest BCUT2D eigenvalue weighted by molar-refractivity contribution is 6.34. The molecule has 2 N–H and O–H groups in total. The number of benzene rings is 1. The lowest BCUT2D eigenvalue weighted by Gasteiger charge is -2.41. The Labute approximate surface area is 203 Å². The summed E-state index contributed by atoms with van der Waals surface area (Å²) in [6.07, 6.45) is 3.63. The standard InChI is InChI=1S/C23H30ClN5O5/c1-2-31-23(30)29-9-5-15(6-10-29)28-7-3-14(4-8-28)21-26-27-22(34-21)16-13-17(24)18(25)20-19(16)32-11-12-33-20/h13-15H,2-12,25H2,1H3. The summed E-state index contributed by atoms with van der Waals surface area (Å²) in [5.74, 6) is 2.11. The van der Waals surface area contributed by atoms with Crippen LogP contribution in [0, 0.1) is 0 Å². The Morgan fingerprint density at radius 2 is 1.82 bits per heavy atom. The van der Waals surface area contributed by atoms with Crippen LogP contribution in [0.25, 0.3) is 11.5 Å². The molecule has 2 fully saturated rings. The highest BCUT2D eigenvalue weighted by Crippen LogP contribution is 2.47. The lowest BCUT2D eigenvalue weighted by molar-refractivity contribution is 0.0650. The molecule has 3 aliphatic heterocycles. The lowest BCUT2D eigenvalue weighted by atomic mass is 9.93. The van der Waals surface area contributed by atoms with Gasteiger partial charge in [0, 0.05) is 25.0 Å². The van der Waals surface area contributed by atoms with Gasteiger partial charge in [-0.15, -0.1) is 10.2 Å². The van der Waals surface area contributed by atoms with E-state index in [1.807, 2.05) is 11.8 Å². The summed E-state index contributed by atoms with van der Waals surface area (Å²) >= 11 is 6.30. The molecule has 2 saturated heterocycles. The summed E-state index contributed by atoms with van der Waals surface area (Å²) in [5.41, 5.74) is 6.99. The van der Waals surface area contributed by atoms with E-state index in [0.717, 1.165) is 51.9 Å². The monoisotopic (exact) mass is 491 g/mol. The minimum absolute atomic E-state index is 0.201. The number of nitrogen functional groups attached to an aromatic ring is 1. The molecule has 0 atom stereocenters. The summed E-state index contributed by atoms with van der Waals surface area (Å²) in [5, 5.41) is 8.97. The number of carbonyl (C=O) groups excluding carboxylic acids is 1. The Balaban J connectivity index is 1.21. The summed E-state index contributed by atoms with van der Waals surface area (Å²) in [4.78, 5) is 16.3. The summed E-state index contributed by atoms with van der Waals surface area (Å²) < 4.78 is 22.7. The van der Waals surface area contributed by atoms with Crippen molar-refractivity contribution in [2.24, 2.45) is 0 Å². The van der Waals surface area contributed by atoms with E-state index in [-0.39, 0.29) is 12.0 Å². The molecule has 2 aromatic rings. The van der Waals surface area contributed by atoms with Crippen LogP contribution in [0.15, 0.2) is 10.5 Å². The number of aromatic nitrogens is 2. The van der Waals surface area contributed by atoms with Gasteiger partial charge in [-0.2, -0.15) is 0 Å². The van der Waals surface area contributed by atoms with Gasteiger partial charge < -0.3 is 34.2 Å². The quantitative estimate of drug-likeness (QED) is 0.641. The fraction of sp³-hybridized carbons (Fsp3) is 0.609. The highest BCUT2D eigenvalue weighted by Gasteiger charge is 2.33. The molecule has 34 heavy (non-hydrogen) atoms. The molecule has 1 aromatic carbocycles. The van der Waals surface area contributed by atoms with Crippen molar-refractivity contribution in [3.63, 3.8) is 0 Å². The second-order valence-corrected chi connectivity index (χ2v) is 9.25. The van der Waals surface area contributed by atoms with Crippen molar-refractivity contribution >= 4 is 23.4 Å². The molecule has 1 aromatic heterocycles. The molecule has 11 heteroatoms. The molecule has 184 valence electrons. The molecular formula is C23H30ClN5O5. The van der Waals surface area contributed by atoms with E-state index in [1.54, 1.807) is 6.07 Å². The van der Waals surface area contributed by atoms with Gasteiger partial charge in [0.05, 0.1) is 22.9 Å². The zero-order valence-corrected chi connectivity index (χ0v) is 20.1. The number of hydrogen-bond donors (Lipinski definition) is 1. The average molecular weight is 492 g/mol. The topological polar surface area (TPSA) is 116 Å². The Morgan fingerprint density at radius 1 is 1.12 bits per heavy atom. The van der Waals surface area contributed by atoms with Crippen molar-refractivity contribution in [1.29, 1.82) is 0 Å². The summed E-state index contributed by atoms with van der Waals surface area (Å²) in [6.45, 7) is 6.50. The van der Waals surface area contributed by atoms with Crippen LogP contribution in [0.3, 0.4) is 0 Å². The summed E-state index contributed by atoms with van der Waals surface area (Å²) in [7, 11) is 0. The summed E-state index contributed by atoms with van der Waals surface area (Å²) in [6, 6.07) is 2.18. The van der Waals surface area contributed by atoms with E-state index >= 15 is 0 Å². The van der Waals surface area contributed by atoms with Gasteiger partial charge in [0.25, 0.3) is 5.89 Å². The van der Waals surface area contributed by atoms with E-state index in [2.05, 4.69) is 15.1 Å². The van der Waals surface area contributed by atoms with Crippen molar-refractivity contribution in [1.82, 2.24) is 20.0 Å². The first-order valence-electron chi connectivity index (χ1n) is 11.9. The van der Waals surface area contributed by atoms with Crippen LogP contribution in [0.4, 0.5) is 10.5 Å². The predicted molar refractivity (Wildman–Crippen MR) is 125 cm³/mol. The Morgan fingerprint density at radius 3 is 2.53 bits per heavy atom. The van der Waals surface area contributed by atoms with Crippen LogP contribution in [-0.4, -0.2) is 78.1 Å². The van der Waals surface area contributed by atoms with Gasteiger partial charge in [0.2, 0.25) is 5.89 Å². The van der Waals surface area contributed by atoms with E-state index in [4.69, 9.17) is 36.0 Å². The smallest absolute Gasteiger partial charge is 0.409 e. The minimum atomic E-state index is -0.201. The molecule has 1 amide bonds. The van der Waals surface area contributed by atoms with Crippen molar-refractivity contribution in [2.75, 3.05) is 51.7 Å². The molecule has 4 heterocycles. The molecule has 0 spiro atoms. The normalized spacial score (nSPS) is 19.9. The number of rotatable bonds is 4. The number of piperidine rings is 2. The molecule has 0 unspecified atom stereocenters. The van der Waals surface area contributed by atoms with Gasteiger partial charge in [-0.25, -0.2) is 4.79 Å². The molecule has 5 rings (SSSR count). The SMILES string of the molecule is CCOC(=O)N1CCC(N2CCC(c3nnc(-c4cc(Cl)c(N)c5c4OCCO5)o3)CC2)CC1. The van der Waals surface area contributed by atoms with E-state index in [1.165, 1.54) is 0 Å². The zero-order valence-electron chi connectivity index (χ0n) is 19.3. The molecule has 0 saturated carbocycles. The van der Waals surface area contributed by atoms with Crippen LogP contribution >= 0.6 is 11.6 Å². The van der Waals surface area contributed by atoms with Crippen molar-refractivity contribution < 1.29 is 23.4 Å². The third-order valence-electron chi connectivity index (χ3n) is 6.86. The number of fused-ring (bicyclic) bond motifs is 1. The lowest BCUT2D eigenvalue weighted by Crippen LogP contribution is -2.48. The van der Waals surface area contributed by atoms with E-state index in [9.17, 15) is 4.79 Å². The number of ether oxygens (including phenoxy) is 3. The largest absolute Gasteiger partial charge is 0.485 e. The number of anilines is 1. The number of carbonyl (C=O) groups is 1. The molecule has 0 bridgehead atoms. The van der Waals surface area contributed by atoms with Crippen molar-refractivity contribution in [3.8, 4) is 23.0 Å². The van der Waals surface area contributed by atoms with Crippen LogP contribution < -0.4 is 15.2 Å². The second kappa shape index (κ2) is 9.87. The number of halogens is 1. The number of nitrogens with two attached hydrogens (primary N) is 1. The molecular weight excluding hydrogens is 462 g/mol. The van der Waals surface area contributed by atoms with Gasteiger partial charge >= 0.3 is 6.09 Å². The van der Waals surface area contributed by atoms with Crippen LogP contribution in [-0.2, 0) is 4.74 Å². The number of hydrogen-bond acceptors (Lipinski definition) is 9. The molecule has 3 aliphatic rings. The zero-order chi connectivity index (χ0) is 23.7. The van der Waals surface area contributed by atoms with Crippen LogP contribution in [0.2, 0.25) is 5.02 Å². The maximum atomic E-state index is 11.9. The van der Waals surface area contributed by atoms with Gasteiger partial charge in [-0.3, -0.25) is 0 Å². The third kappa shape index (κ3) is 4.48. The van der Waals surface area contributed by atoms with Crippen molar-refractivity contribution in [3.05, 3.63) is 17.0 Å². The fourth-order valence-electron chi connectivity index (χ4n) is 5.00. The van der Waals surface area contributed by atoms with Crippen LogP contribution in [0.5, 0.6) is 11.5 Å². The first-order valence-corrected chi connectivity index (χ1v) is 12.3. The molecule has 10 nitrogen and oxygen atoms in total. The van der Waals surface area contributed by atoms with Crippen LogP contribution in [0.1, 0.15) is 44.4 Å². The number of nitrogens with zero attached hydrogens (tertiary/aromatic N) is 4. The average Bonchev–Trinajstić information content (AvgIpc) is 3.37.